The standard InChI is InChI=1S/C12H6N2O5/c15-5-1-2-6-7(4-9(16)19-8(6)3-5)10-11(17)14-12(18)13-10/h1-4,15H,(H,14,17,18). The van der Waals surface area contributed by atoms with Crippen molar-refractivity contribution in [2.24, 2.45) is 4.99 Å². The molecule has 0 atom stereocenters. The van der Waals surface area contributed by atoms with Gasteiger partial charge in [-0.1, -0.05) is 0 Å². The molecule has 3 rings (SSSR count). The molecule has 2 heterocycles. The number of aliphatic imine (C=N–C) groups is 1. The fourth-order valence-corrected chi connectivity index (χ4v) is 1.87. The minimum absolute atomic E-state index is 0.0818. The topological polar surface area (TPSA) is 109 Å². The summed E-state index contributed by atoms with van der Waals surface area (Å²) in [6, 6.07) is 4.40. The number of hydrogen-bond acceptors (Lipinski definition) is 5. The molecule has 7 heteroatoms. The lowest BCUT2D eigenvalue weighted by Crippen LogP contribution is -2.26. The van der Waals surface area contributed by atoms with Gasteiger partial charge < -0.3 is 9.52 Å². The number of urea groups is 1. The predicted molar refractivity (Wildman–Crippen MR) is 64.2 cm³/mol. The van der Waals surface area contributed by atoms with Crippen molar-refractivity contribution in [3.8, 4) is 5.75 Å². The minimum Gasteiger partial charge on any atom is -0.508 e. The van der Waals surface area contributed by atoms with Crippen molar-refractivity contribution in [3.05, 3.63) is 40.2 Å². The summed E-state index contributed by atoms with van der Waals surface area (Å²) in [7, 11) is 0. The summed E-state index contributed by atoms with van der Waals surface area (Å²) in [5, 5.41) is 11.7. The number of nitrogens with one attached hydrogen (secondary N) is 1. The van der Waals surface area contributed by atoms with Crippen LogP contribution in [0.4, 0.5) is 4.79 Å². The number of phenolic OH excluding ortho intramolecular Hbond substituents is 1. The van der Waals surface area contributed by atoms with Crippen LogP contribution in [0.5, 0.6) is 5.75 Å². The molecule has 19 heavy (non-hydrogen) atoms. The molecule has 3 amide bonds. The number of benzene rings is 1. The highest BCUT2D eigenvalue weighted by Crippen LogP contribution is 2.23. The van der Waals surface area contributed by atoms with Gasteiger partial charge in [0.05, 0.1) is 0 Å². The molecule has 2 aromatic rings. The molecule has 0 unspecified atom stereocenters. The van der Waals surface area contributed by atoms with E-state index in [1.54, 1.807) is 0 Å². The van der Waals surface area contributed by atoms with Crippen LogP contribution < -0.4 is 10.9 Å². The first-order valence-electron chi connectivity index (χ1n) is 5.26. The Kier molecular flexibility index (Phi) is 2.21. The number of fused-ring (bicyclic) bond motifs is 1. The van der Waals surface area contributed by atoms with Gasteiger partial charge in [0, 0.05) is 23.1 Å². The first-order valence-corrected chi connectivity index (χ1v) is 5.26. The van der Waals surface area contributed by atoms with Gasteiger partial charge in [0.1, 0.15) is 17.0 Å². The molecule has 1 aliphatic rings. The quantitative estimate of drug-likeness (QED) is 0.725. The van der Waals surface area contributed by atoms with Gasteiger partial charge in [0.15, 0.2) is 0 Å². The molecule has 0 radical (unpaired) electrons. The number of hydrogen-bond donors (Lipinski definition) is 2. The average Bonchev–Trinajstić information content (AvgIpc) is 2.66. The molecule has 1 aromatic carbocycles. The van der Waals surface area contributed by atoms with Gasteiger partial charge in [-0.3, -0.25) is 10.1 Å². The number of imide groups is 1. The van der Waals surface area contributed by atoms with Crippen LogP contribution in [-0.4, -0.2) is 22.8 Å². The van der Waals surface area contributed by atoms with E-state index in [0.29, 0.717) is 5.39 Å². The Bertz CT molecular complexity index is 818. The molecule has 0 saturated heterocycles. The van der Waals surface area contributed by atoms with E-state index in [2.05, 4.69) is 4.99 Å². The number of nitrogens with zero attached hydrogens (tertiary/aromatic N) is 1. The highest BCUT2D eigenvalue weighted by Gasteiger charge is 2.26. The maximum atomic E-state index is 11.6. The molecular formula is C12H6N2O5. The summed E-state index contributed by atoms with van der Waals surface area (Å²) in [5.74, 6) is -0.758. The van der Waals surface area contributed by atoms with E-state index in [9.17, 15) is 19.5 Å². The van der Waals surface area contributed by atoms with Gasteiger partial charge in [-0.05, 0) is 12.1 Å². The van der Waals surface area contributed by atoms with E-state index in [1.165, 1.54) is 18.2 Å². The zero-order valence-electron chi connectivity index (χ0n) is 9.34. The summed E-state index contributed by atoms with van der Waals surface area (Å²) in [6.45, 7) is 0. The van der Waals surface area contributed by atoms with Crippen LogP contribution in [0.1, 0.15) is 5.56 Å². The lowest BCUT2D eigenvalue weighted by molar-refractivity contribution is -0.113. The number of carbonyl (C=O) groups excluding carboxylic acids is 2. The van der Waals surface area contributed by atoms with Crippen LogP contribution in [0, 0.1) is 0 Å². The number of rotatable bonds is 1. The smallest absolute Gasteiger partial charge is 0.348 e. The second-order valence-electron chi connectivity index (χ2n) is 3.88. The fourth-order valence-electron chi connectivity index (χ4n) is 1.87. The molecule has 94 valence electrons. The van der Waals surface area contributed by atoms with Crippen molar-refractivity contribution >= 4 is 28.6 Å². The van der Waals surface area contributed by atoms with E-state index < -0.39 is 17.6 Å². The highest BCUT2D eigenvalue weighted by molar-refractivity contribution is 6.53. The second-order valence-corrected chi connectivity index (χ2v) is 3.88. The SMILES string of the molecule is O=C1N=C(c2cc(=O)oc3cc(O)ccc23)C(=O)N1. The van der Waals surface area contributed by atoms with Crippen LogP contribution in [0.2, 0.25) is 0 Å². The Morgan fingerprint density at radius 1 is 1.16 bits per heavy atom. The van der Waals surface area contributed by atoms with Crippen LogP contribution in [0.25, 0.3) is 11.0 Å². The normalized spacial score (nSPS) is 14.6. The third kappa shape index (κ3) is 1.77. The van der Waals surface area contributed by atoms with Crippen LogP contribution >= 0.6 is 0 Å². The maximum absolute atomic E-state index is 11.6. The number of amides is 3. The Morgan fingerprint density at radius 3 is 2.63 bits per heavy atom. The van der Waals surface area contributed by atoms with Gasteiger partial charge in [-0.2, -0.15) is 4.99 Å². The molecular weight excluding hydrogens is 252 g/mol. The predicted octanol–water partition coefficient (Wildman–Crippen LogP) is 0.537. The zero-order chi connectivity index (χ0) is 13.6. The molecule has 1 aliphatic heterocycles. The van der Waals surface area contributed by atoms with Crippen molar-refractivity contribution in [2.45, 2.75) is 0 Å². The Hall–Kier alpha value is -2.96. The summed E-state index contributed by atoms with van der Waals surface area (Å²) in [5.41, 5.74) is -0.552. The zero-order valence-corrected chi connectivity index (χ0v) is 9.34. The van der Waals surface area contributed by atoms with Crippen molar-refractivity contribution in [1.82, 2.24) is 5.32 Å². The molecule has 2 N–H and O–H groups in total. The summed E-state index contributed by atoms with van der Waals surface area (Å²) in [6.07, 6.45) is 0. The van der Waals surface area contributed by atoms with Crippen molar-refractivity contribution in [2.75, 3.05) is 0 Å². The number of aromatic hydroxyl groups is 1. The van der Waals surface area contributed by atoms with Gasteiger partial charge in [0.2, 0.25) is 0 Å². The molecule has 0 saturated carbocycles. The van der Waals surface area contributed by atoms with Crippen LogP contribution in [0.15, 0.2) is 38.5 Å². The van der Waals surface area contributed by atoms with Crippen LogP contribution in [0.3, 0.4) is 0 Å². The monoisotopic (exact) mass is 258 g/mol. The van der Waals surface area contributed by atoms with E-state index in [0.717, 1.165) is 6.07 Å². The van der Waals surface area contributed by atoms with Gasteiger partial charge >= 0.3 is 11.7 Å². The Balaban J connectivity index is 2.35. The Labute approximate surface area is 105 Å². The molecule has 7 nitrogen and oxygen atoms in total. The summed E-state index contributed by atoms with van der Waals surface area (Å²) >= 11 is 0. The maximum Gasteiger partial charge on any atom is 0.348 e. The first-order chi connectivity index (χ1) is 9.04. The molecule has 0 spiro atoms. The van der Waals surface area contributed by atoms with Gasteiger partial charge in [-0.15, -0.1) is 0 Å². The molecule has 1 aromatic heterocycles. The first kappa shape index (κ1) is 11.1. The molecule has 0 aliphatic carbocycles. The fraction of sp³-hybridized carbons (Fsp3) is 0. The lowest BCUT2D eigenvalue weighted by atomic mass is 10.1. The van der Waals surface area contributed by atoms with Crippen molar-refractivity contribution < 1.29 is 19.1 Å². The highest BCUT2D eigenvalue weighted by atomic mass is 16.4. The third-order valence-corrected chi connectivity index (χ3v) is 2.63. The van der Waals surface area contributed by atoms with E-state index in [4.69, 9.17) is 4.42 Å². The summed E-state index contributed by atoms with van der Waals surface area (Å²) in [4.78, 5) is 37.6. The van der Waals surface area contributed by atoms with E-state index in [1.807, 2.05) is 5.32 Å². The molecule has 0 bridgehead atoms. The second kappa shape index (κ2) is 3.77. The Morgan fingerprint density at radius 2 is 1.95 bits per heavy atom. The third-order valence-electron chi connectivity index (χ3n) is 2.63. The van der Waals surface area contributed by atoms with E-state index >= 15 is 0 Å². The minimum atomic E-state index is -0.778. The number of phenols is 1. The van der Waals surface area contributed by atoms with Crippen molar-refractivity contribution in [3.63, 3.8) is 0 Å². The van der Waals surface area contributed by atoms with Gasteiger partial charge in [0.25, 0.3) is 5.91 Å². The van der Waals surface area contributed by atoms with E-state index in [-0.39, 0.29) is 22.6 Å². The average molecular weight is 258 g/mol. The summed E-state index contributed by atoms with van der Waals surface area (Å²) < 4.78 is 4.92. The lowest BCUT2D eigenvalue weighted by Gasteiger charge is -2.03. The number of carbonyl (C=O) groups is 2. The largest absolute Gasteiger partial charge is 0.508 e. The van der Waals surface area contributed by atoms with Crippen molar-refractivity contribution in [1.29, 1.82) is 0 Å². The van der Waals surface area contributed by atoms with Gasteiger partial charge in [-0.25, -0.2) is 9.59 Å². The van der Waals surface area contributed by atoms with Crippen LogP contribution in [-0.2, 0) is 4.79 Å². The molecule has 0 fully saturated rings.